The fraction of sp³-hybridized carbons (Fsp3) is 0.455. The van der Waals surface area contributed by atoms with Gasteiger partial charge in [0.15, 0.2) is 6.61 Å². The summed E-state index contributed by atoms with van der Waals surface area (Å²) in [6.45, 7) is 2.56. The van der Waals surface area contributed by atoms with E-state index >= 15 is 0 Å². The first-order valence-electron chi connectivity index (χ1n) is 10.1. The quantitative estimate of drug-likeness (QED) is 0.704. The van der Waals surface area contributed by atoms with Gasteiger partial charge in [0.2, 0.25) is 0 Å². The standard InChI is InChI=1S/C22H26N2O4S/c1-27-18-8-6-17(7-9-18)23-10-12-24(13-11-23)21(25)15-28-22(26)20-14-16-4-2-3-5-19(16)29-20/h6-9,14H,2-5,10-13,15H2,1H3. The Bertz CT molecular complexity index is 846. The molecule has 2 aromatic rings. The molecule has 0 spiro atoms. The maximum atomic E-state index is 12.5. The van der Waals surface area contributed by atoms with E-state index in [0.717, 1.165) is 37.4 Å². The topological polar surface area (TPSA) is 59.1 Å². The van der Waals surface area contributed by atoms with E-state index in [2.05, 4.69) is 4.90 Å². The van der Waals surface area contributed by atoms with E-state index in [1.165, 1.54) is 34.6 Å². The predicted molar refractivity (Wildman–Crippen MR) is 113 cm³/mol. The number of thiophene rings is 1. The maximum Gasteiger partial charge on any atom is 0.348 e. The third-order valence-corrected chi connectivity index (χ3v) is 6.81. The molecule has 0 N–H and O–H groups in total. The van der Waals surface area contributed by atoms with Crippen molar-refractivity contribution in [2.24, 2.45) is 0 Å². The number of benzene rings is 1. The third kappa shape index (κ3) is 4.56. The van der Waals surface area contributed by atoms with E-state index in [4.69, 9.17) is 9.47 Å². The number of carbonyl (C=O) groups is 2. The van der Waals surface area contributed by atoms with Gasteiger partial charge in [-0.05, 0) is 61.6 Å². The first-order valence-corrected chi connectivity index (χ1v) is 10.9. The fourth-order valence-electron chi connectivity index (χ4n) is 3.89. The minimum Gasteiger partial charge on any atom is -0.497 e. The van der Waals surface area contributed by atoms with Gasteiger partial charge < -0.3 is 19.3 Å². The highest BCUT2D eigenvalue weighted by molar-refractivity contribution is 7.14. The average molecular weight is 415 g/mol. The van der Waals surface area contributed by atoms with Crippen molar-refractivity contribution in [3.63, 3.8) is 0 Å². The molecular formula is C22H26N2O4S. The zero-order valence-corrected chi connectivity index (χ0v) is 17.5. The number of ether oxygens (including phenoxy) is 2. The van der Waals surface area contributed by atoms with Crippen LogP contribution in [-0.4, -0.2) is 56.7 Å². The fourth-order valence-corrected chi connectivity index (χ4v) is 5.04. The third-order valence-electron chi connectivity index (χ3n) is 5.59. The number of fused-ring (bicyclic) bond motifs is 1. The number of rotatable bonds is 5. The second-order valence-electron chi connectivity index (χ2n) is 7.41. The van der Waals surface area contributed by atoms with Crippen LogP contribution in [0.2, 0.25) is 0 Å². The lowest BCUT2D eigenvalue weighted by Gasteiger charge is -2.36. The molecule has 2 heterocycles. The summed E-state index contributed by atoms with van der Waals surface area (Å²) < 4.78 is 10.5. The van der Waals surface area contributed by atoms with E-state index in [1.54, 1.807) is 12.0 Å². The summed E-state index contributed by atoms with van der Waals surface area (Å²) in [5.41, 5.74) is 2.39. The van der Waals surface area contributed by atoms with E-state index in [0.29, 0.717) is 18.0 Å². The van der Waals surface area contributed by atoms with Gasteiger partial charge in [0.25, 0.3) is 5.91 Å². The highest BCUT2D eigenvalue weighted by Crippen LogP contribution is 2.30. The number of piperazine rings is 1. The summed E-state index contributed by atoms with van der Waals surface area (Å²) in [5.74, 6) is 0.319. The van der Waals surface area contributed by atoms with E-state index in [-0.39, 0.29) is 18.5 Å². The molecule has 0 atom stereocenters. The number of carbonyl (C=O) groups excluding carboxylic acids is 2. The molecule has 0 saturated carbocycles. The molecule has 6 nitrogen and oxygen atoms in total. The van der Waals surface area contributed by atoms with Crippen LogP contribution in [0.5, 0.6) is 5.75 Å². The predicted octanol–water partition coefficient (Wildman–Crippen LogP) is 3.14. The Kier molecular flexibility index (Phi) is 6.04. The normalized spacial score (nSPS) is 16.3. The molecule has 0 radical (unpaired) electrons. The van der Waals surface area contributed by atoms with Gasteiger partial charge in [0, 0.05) is 36.7 Å². The van der Waals surface area contributed by atoms with Gasteiger partial charge in [0.1, 0.15) is 10.6 Å². The van der Waals surface area contributed by atoms with Crippen LogP contribution >= 0.6 is 11.3 Å². The molecule has 1 fully saturated rings. The molecule has 1 aliphatic carbocycles. The highest BCUT2D eigenvalue weighted by atomic mass is 32.1. The van der Waals surface area contributed by atoms with Crippen molar-refractivity contribution in [1.29, 1.82) is 0 Å². The highest BCUT2D eigenvalue weighted by Gasteiger charge is 2.23. The Hall–Kier alpha value is -2.54. The number of nitrogens with zero attached hydrogens (tertiary/aromatic N) is 2. The number of hydrogen-bond acceptors (Lipinski definition) is 6. The van der Waals surface area contributed by atoms with Crippen LogP contribution in [0, 0.1) is 0 Å². The van der Waals surface area contributed by atoms with Gasteiger partial charge in [-0.1, -0.05) is 0 Å². The number of anilines is 1. The summed E-state index contributed by atoms with van der Waals surface area (Å²) in [6.07, 6.45) is 4.45. The molecule has 2 aliphatic rings. The van der Waals surface area contributed by atoms with Crippen molar-refractivity contribution in [2.45, 2.75) is 25.7 Å². The van der Waals surface area contributed by atoms with Gasteiger partial charge in [-0.15, -0.1) is 11.3 Å². The van der Waals surface area contributed by atoms with Crippen LogP contribution in [0.4, 0.5) is 5.69 Å². The Morgan fingerprint density at radius 1 is 1.03 bits per heavy atom. The lowest BCUT2D eigenvalue weighted by molar-refractivity contribution is -0.134. The Morgan fingerprint density at radius 2 is 1.76 bits per heavy atom. The maximum absolute atomic E-state index is 12.5. The van der Waals surface area contributed by atoms with Gasteiger partial charge in [-0.3, -0.25) is 4.79 Å². The van der Waals surface area contributed by atoms with Crippen molar-refractivity contribution in [1.82, 2.24) is 4.90 Å². The van der Waals surface area contributed by atoms with E-state index < -0.39 is 0 Å². The van der Waals surface area contributed by atoms with Crippen molar-refractivity contribution < 1.29 is 19.1 Å². The Balaban J connectivity index is 1.25. The van der Waals surface area contributed by atoms with Crippen LogP contribution in [-0.2, 0) is 22.4 Å². The molecule has 1 aromatic heterocycles. The van der Waals surface area contributed by atoms with Crippen LogP contribution in [0.3, 0.4) is 0 Å². The number of esters is 1. The SMILES string of the molecule is COc1ccc(N2CCN(C(=O)COC(=O)c3cc4c(s3)CCCC4)CC2)cc1. The van der Waals surface area contributed by atoms with Crippen LogP contribution in [0.15, 0.2) is 30.3 Å². The first kappa shape index (κ1) is 19.8. The molecular weight excluding hydrogens is 388 g/mol. The summed E-state index contributed by atoms with van der Waals surface area (Å²) >= 11 is 1.52. The van der Waals surface area contributed by atoms with Crippen molar-refractivity contribution in [2.75, 3.05) is 44.8 Å². The summed E-state index contributed by atoms with van der Waals surface area (Å²) in [5, 5.41) is 0. The van der Waals surface area contributed by atoms with Gasteiger partial charge in [-0.2, -0.15) is 0 Å². The number of hydrogen-bond donors (Lipinski definition) is 0. The van der Waals surface area contributed by atoms with E-state index in [9.17, 15) is 9.59 Å². The van der Waals surface area contributed by atoms with E-state index in [1.807, 2.05) is 30.3 Å². The molecule has 29 heavy (non-hydrogen) atoms. The summed E-state index contributed by atoms with van der Waals surface area (Å²) in [6, 6.07) is 9.88. The molecule has 154 valence electrons. The molecule has 4 rings (SSSR count). The zero-order valence-electron chi connectivity index (χ0n) is 16.7. The van der Waals surface area contributed by atoms with Crippen LogP contribution < -0.4 is 9.64 Å². The molecule has 7 heteroatoms. The van der Waals surface area contributed by atoms with Crippen molar-refractivity contribution >= 4 is 28.9 Å². The van der Waals surface area contributed by atoms with Gasteiger partial charge in [-0.25, -0.2) is 4.79 Å². The summed E-state index contributed by atoms with van der Waals surface area (Å²) in [7, 11) is 1.65. The molecule has 0 unspecified atom stereocenters. The molecule has 1 saturated heterocycles. The zero-order chi connectivity index (χ0) is 20.2. The second-order valence-corrected chi connectivity index (χ2v) is 8.54. The molecule has 0 bridgehead atoms. The minimum atomic E-state index is -0.380. The number of aryl methyl sites for hydroxylation is 2. The van der Waals surface area contributed by atoms with Crippen LogP contribution in [0.1, 0.15) is 33.0 Å². The molecule has 1 aliphatic heterocycles. The first-order chi connectivity index (χ1) is 14.1. The average Bonchev–Trinajstić information content (AvgIpc) is 3.22. The van der Waals surface area contributed by atoms with Gasteiger partial charge in [0.05, 0.1) is 7.11 Å². The smallest absolute Gasteiger partial charge is 0.348 e. The lowest BCUT2D eigenvalue weighted by Crippen LogP contribution is -2.49. The minimum absolute atomic E-state index is 0.131. The number of amides is 1. The monoisotopic (exact) mass is 414 g/mol. The van der Waals surface area contributed by atoms with Crippen molar-refractivity contribution in [3.05, 3.63) is 45.6 Å². The molecule has 1 aromatic carbocycles. The lowest BCUT2D eigenvalue weighted by atomic mass is 9.99. The second kappa shape index (κ2) is 8.86. The Morgan fingerprint density at radius 3 is 2.45 bits per heavy atom. The Labute approximate surface area is 175 Å². The van der Waals surface area contributed by atoms with Crippen molar-refractivity contribution in [3.8, 4) is 5.75 Å². The number of methoxy groups -OCH3 is 1. The largest absolute Gasteiger partial charge is 0.497 e. The van der Waals surface area contributed by atoms with Gasteiger partial charge >= 0.3 is 5.97 Å². The summed E-state index contributed by atoms with van der Waals surface area (Å²) in [4.78, 5) is 30.7. The van der Waals surface area contributed by atoms with Crippen LogP contribution in [0.25, 0.3) is 0 Å². The molecule has 1 amide bonds.